The third-order valence-electron chi connectivity index (χ3n) is 6.30. The van der Waals surface area contributed by atoms with Gasteiger partial charge in [0.05, 0.1) is 5.56 Å². The van der Waals surface area contributed by atoms with Crippen LogP contribution in [0.1, 0.15) is 50.3 Å². The first-order valence-electron chi connectivity index (χ1n) is 9.88. The summed E-state index contributed by atoms with van der Waals surface area (Å²) < 4.78 is 28.6. The maximum atomic E-state index is 14.3. The summed E-state index contributed by atoms with van der Waals surface area (Å²) in [6.45, 7) is 6.00. The molecule has 0 amide bonds. The summed E-state index contributed by atoms with van der Waals surface area (Å²) in [6.07, 6.45) is 4.40. The predicted molar refractivity (Wildman–Crippen MR) is 106 cm³/mol. The number of hydrogen-bond donors (Lipinski definition) is 1. The zero-order valence-corrected chi connectivity index (χ0v) is 16.7. The SMILES string of the molecule is CC1CCCCN(C(C)(O)C2CC2c2sccc2-c2c(F)cccc2F)C1. The fourth-order valence-electron chi connectivity index (χ4n) is 4.66. The molecular weight excluding hydrogens is 364 g/mol. The Morgan fingerprint density at radius 3 is 2.67 bits per heavy atom. The molecule has 4 rings (SSSR count). The van der Waals surface area contributed by atoms with Crippen molar-refractivity contribution < 1.29 is 13.9 Å². The molecule has 5 heteroatoms. The molecule has 1 N–H and O–H groups in total. The summed E-state index contributed by atoms with van der Waals surface area (Å²) in [6, 6.07) is 5.81. The topological polar surface area (TPSA) is 23.5 Å². The van der Waals surface area contributed by atoms with Crippen molar-refractivity contribution in [3.63, 3.8) is 0 Å². The van der Waals surface area contributed by atoms with Crippen molar-refractivity contribution in [3.8, 4) is 11.1 Å². The highest BCUT2D eigenvalue weighted by atomic mass is 32.1. The molecule has 1 aliphatic carbocycles. The van der Waals surface area contributed by atoms with Crippen molar-refractivity contribution in [3.05, 3.63) is 46.2 Å². The van der Waals surface area contributed by atoms with Crippen molar-refractivity contribution in [1.29, 1.82) is 0 Å². The number of likely N-dealkylation sites (tertiary alicyclic amines) is 1. The largest absolute Gasteiger partial charge is 0.376 e. The molecule has 1 saturated heterocycles. The molecule has 0 bridgehead atoms. The molecule has 2 heterocycles. The number of aliphatic hydroxyl groups is 1. The summed E-state index contributed by atoms with van der Waals surface area (Å²) in [5.74, 6) is -0.205. The Hall–Kier alpha value is -1.30. The normalized spacial score (nSPS) is 28.6. The lowest BCUT2D eigenvalue weighted by atomic mass is 9.99. The monoisotopic (exact) mass is 391 g/mol. The first-order chi connectivity index (χ1) is 12.9. The van der Waals surface area contributed by atoms with E-state index in [4.69, 9.17) is 0 Å². The Balaban J connectivity index is 1.58. The van der Waals surface area contributed by atoms with Gasteiger partial charge in [0.15, 0.2) is 0 Å². The van der Waals surface area contributed by atoms with Crippen LogP contribution in [0.15, 0.2) is 29.6 Å². The minimum atomic E-state index is -0.877. The molecule has 2 fully saturated rings. The molecule has 4 atom stereocenters. The van der Waals surface area contributed by atoms with E-state index < -0.39 is 17.4 Å². The second-order valence-electron chi connectivity index (χ2n) is 8.38. The highest BCUT2D eigenvalue weighted by Gasteiger charge is 2.54. The average molecular weight is 392 g/mol. The van der Waals surface area contributed by atoms with Gasteiger partial charge in [0, 0.05) is 35.4 Å². The van der Waals surface area contributed by atoms with Crippen molar-refractivity contribution in [2.24, 2.45) is 11.8 Å². The maximum absolute atomic E-state index is 14.3. The lowest BCUT2D eigenvalue weighted by molar-refractivity contribution is -0.114. The highest BCUT2D eigenvalue weighted by Crippen LogP contribution is 2.58. The van der Waals surface area contributed by atoms with Crippen LogP contribution in [0.5, 0.6) is 0 Å². The highest BCUT2D eigenvalue weighted by molar-refractivity contribution is 7.10. The van der Waals surface area contributed by atoms with E-state index >= 15 is 0 Å². The minimum absolute atomic E-state index is 0.0578. The lowest BCUT2D eigenvalue weighted by Gasteiger charge is -2.38. The molecule has 1 aliphatic heterocycles. The van der Waals surface area contributed by atoms with E-state index in [-0.39, 0.29) is 17.4 Å². The van der Waals surface area contributed by atoms with Gasteiger partial charge in [-0.1, -0.05) is 19.4 Å². The average Bonchev–Trinajstić information content (AvgIpc) is 3.34. The van der Waals surface area contributed by atoms with Gasteiger partial charge in [0.1, 0.15) is 17.4 Å². The Kier molecular flexibility index (Phi) is 5.12. The molecule has 1 aromatic heterocycles. The van der Waals surface area contributed by atoms with Gasteiger partial charge in [0.2, 0.25) is 0 Å². The molecule has 0 spiro atoms. The smallest absolute Gasteiger partial charge is 0.134 e. The van der Waals surface area contributed by atoms with Gasteiger partial charge in [-0.2, -0.15) is 0 Å². The molecule has 1 saturated carbocycles. The zero-order valence-electron chi connectivity index (χ0n) is 15.9. The van der Waals surface area contributed by atoms with E-state index in [1.54, 1.807) is 17.4 Å². The Morgan fingerprint density at radius 2 is 1.93 bits per heavy atom. The van der Waals surface area contributed by atoms with Crippen molar-refractivity contribution in [1.82, 2.24) is 4.90 Å². The van der Waals surface area contributed by atoms with Gasteiger partial charge >= 0.3 is 0 Å². The van der Waals surface area contributed by atoms with Crippen LogP contribution >= 0.6 is 11.3 Å². The number of benzene rings is 1. The molecule has 146 valence electrons. The van der Waals surface area contributed by atoms with Crippen molar-refractivity contribution in [2.75, 3.05) is 13.1 Å². The van der Waals surface area contributed by atoms with Gasteiger partial charge in [-0.15, -0.1) is 11.3 Å². The van der Waals surface area contributed by atoms with Crippen LogP contribution in [-0.2, 0) is 0 Å². The third kappa shape index (κ3) is 3.57. The van der Waals surface area contributed by atoms with Crippen LogP contribution in [0.25, 0.3) is 11.1 Å². The van der Waals surface area contributed by atoms with Crippen molar-refractivity contribution >= 4 is 11.3 Å². The third-order valence-corrected chi connectivity index (χ3v) is 7.35. The maximum Gasteiger partial charge on any atom is 0.134 e. The van der Waals surface area contributed by atoms with Crippen LogP contribution in [0.3, 0.4) is 0 Å². The van der Waals surface area contributed by atoms with E-state index in [1.807, 2.05) is 12.3 Å². The Bertz CT molecular complexity index is 798. The van der Waals surface area contributed by atoms with Crippen molar-refractivity contribution in [2.45, 2.75) is 51.2 Å². The molecule has 2 aromatic rings. The molecule has 2 aliphatic rings. The van der Waals surface area contributed by atoms with Gasteiger partial charge in [-0.3, -0.25) is 4.90 Å². The lowest BCUT2D eigenvalue weighted by Crippen LogP contribution is -2.50. The number of halogens is 2. The quantitative estimate of drug-likeness (QED) is 0.730. The van der Waals surface area contributed by atoms with Crippen LogP contribution in [-0.4, -0.2) is 28.8 Å². The summed E-state index contributed by atoms with van der Waals surface area (Å²) in [7, 11) is 0. The number of rotatable bonds is 4. The zero-order chi connectivity index (χ0) is 19.2. The number of hydrogen-bond acceptors (Lipinski definition) is 3. The van der Waals surface area contributed by atoms with Gasteiger partial charge in [-0.05, 0) is 55.7 Å². The molecule has 4 unspecified atom stereocenters. The number of thiophene rings is 1. The molecule has 1 aromatic carbocycles. The van der Waals surface area contributed by atoms with Crippen LogP contribution in [0.4, 0.5) is 8.78 Å². The van der Waals surface area contributed by atoms with E-state index in [1.165, 1.54) is 31.0 Å². The van der Waals surface area contributed by atoms with Gasteiger partial charge in [-0.25, -0.2) is 8.78 Å². The summed E-state index contributed by atoms with van der Waals surface area (Å²) in [5, 5.41) is 13.2. The van der Waals surface area contributed by atoms with E-state index in [0.717, 1.165) is 30.8 Å². The fraction of sp³-hybridized carbons (Fsp3) is 0.545. The van der Waals surface area contributed by atoms with Gasteiger partial charge in [0.25, 0.3) is 0 Å². The molecule has 27 heavy (non-hydrogen) atoms. The minimum Gasteiger partial charge on any atom is -0.376 e. The van der Waals surface area contributed by atoms with Crippen LogP contribution in [0, 0.1) is 23.5 Å². The first kappa shape index (κ1) is 19.0. The Labute approximate surface area is 163 Å². The van der Waals surface area contributed by atoms with Crippen LogP contribution < -0.4 is 0 Å². The fourth-order valence-corrected chi connectivity index (χ4v) is 5.74. The van der Waals surface area contributed by atoms with E-state index in [9.17, 15) is 13.9 Å². The molecule has 0 radical (unpaired) electrons. The second-order valence-corrected chi connectivity index (χ2v) is 9.33. The van der Waals surface area contributed by atoms with E-state index in [0.29, 0.717) is 11.5 Å². The van der Waals surface area contributed by atoms with E-state index in [2.05, 4.69) is 11.8 Å². The van der Waals surface area contributed by atoms with Crippen LogP contribution in [0.2, 0.25) is 0 Å². The molecular formula is C22H27F2NOS. The van der Waals surface area contributed by atoms with Gasteiger partial charge < -0.3 is 5.11 Å². The standard InChI is InChI=1S/C22H27F2NOS/c1-14-6-3-4-10-25(13-14)22(2,26)17-12-16(17)21-15(9-11-27-21)20-18(23)7-5-8-19(20)24/h5,7-9,11,14,16-17,26H,3-4,6,10,12-13H2,1-2H3. The summed E-state index contributed by atoms with van der Waals surface area (Å²) in [5.41, 5.74) is -0.177. The summed E-state index contributed by atoms with van der Waals surface area (Å²) in [4.78, 5) is 3.22. The second kappa shape index (κ2) is 7.26. The molecule has 2 nitrogen and oxygen atoms in total. The summed E-state index contributed by atoms with van der Waals surface area (Å²) >= 11 is 1.54. The first-order valence-corrected chi connectivity index (χ1v) is 10.8. The Morgan fingerprint density at radius 1 is 1.19 bits per heavy atom. The number of nitrogens with zero attached hydrogens (tertiary/aromatic N) is 1. The predicted octanol–water partition coefficient (Wildman–Crippen LogP) is 5.63.